The topological polar surface area (TPSA) is 103 Å². The summed E-state index contributed by atoms with van der Waals surface area (Å²) in [6.45, 7) is 6.51. The molecule has 2 aliphatic rings. The number of aliphatic hydroxyl groups is 1. The van der Waals surface area contributed by atoms with Gasteiger partial charge in [0.2, 0.25) is 5.91 Å². The molecule has 8 nitrogen and oxygen atoms in total. The van der Waals surface area contributed by atoms with Gasteiger partial charge in [-0.15, -0.1) is 0 Å². The van der Waals surface area contributed by atoms with Gasteiger partial charge in [-0.2, -0.15) is 0 Å². The smallest absolute Gasteiger partial charge is 0.349 e. The van der Waals surface area contributed by atoms with Crippen molar-refractivity contribution in [3.63, 3.8) is 0 Å². The molecule has 178 valence electrons. The molecule has 3 heterocycles. The molecule has 1 aromatic carbocycles. The van der Waals surface area contributed by atoms with Crippen LogP contribution in [0.15, 0.2) is 21.3 Å². The quantitative estimate of drug-likeness (QED) is 0.592. The fourth-order valence-corrected chi connectivity index (χ4v) is 5.12. The molecule has 1 atom stereocenters. The number of hydrogen-bond donors (Lipinski definition) is 2. The lowest BCUT2D eigenvalue weighted by atomic mass is 9.90. The second-order valence-corrected chi connectivity index (χ2v) is 8.96. The van der Waals surface area contributed by atoms with E-state index in [1.54, 1.807) is 11.0 Å². The molecule has 0 bridgehead atoms. The standard InChI is InChI=1S/C25H33N3O5/c1-3-9-28(10-4-2)24(31)20(15-29)26-23(30)19-14-17-13-16-7-5-11-27-12-6-8-18(21(16)27)22(17)33-25(19)32/h13-14,20,29H,3-12,15H2,1-2H3,(H,26,30)/t20-/m0/s1. The number of carbonyl (C=O) groups is 2. The molecule has 0 saturated heterocycles. The van der Waals surface area contributed by atoms with Crippen LogP contribution in [0.5, 0.6) is 0 Å². The van der Waals surface area contributed by atoms with Crippen molar-refractivity contribution in [1.29, 1.82) is 0 Å². The Morgan fingerprint density at radius 1 is 1.15 bits per heavy atom. The highest BCUT2D eigenvalue weighted by molar-refractivity contribution is 6.00. The highest BCUT2D eigenvalue weighted by Gasteiger charge is 2.29. The second kappa shape index (κ2) is 9.95. The van der Waals surface area contributed by atoms with Crippen molar-refractivity contribution in [2.45, 2.75) is 58.4 Å². The number of rotatable bonds is 8. The minimum Gasteiger partial charge on any atom is -0.422 e. The van der Waals surface area contributed by atoms with Gasteiger partial charge < -0.3 is 24.6 Å². The fourth-order valence-electron chi connectivity index (χ4n) is 5.12. The van der Waals surface area contributed by atoms with Gasteiger partial charge in [-0.1, -0.05) is 13.8 Å². The summed E-state index contributed by atoms with van der Waals surface area (Å²) < 4.78 is 5.68. The van der Waals surface area contributed by atoms with Gasteiger partial charge in [0, 0.05) is 42.8 Å². The van der Waals surface area contributed by atoms with Crippen LogP contribution in [-0.2, 0) is 17.6 Å². The molecule has 1 aromatic heterocycles. The minimum atomic E-state index is -1.11. The Balaban J connectivity index is 1.64. The summed E-state index contributed by atoms with van der Waals surface area (Å²) in [5, 5.41) is 13.1. The van der Waals surface area contributed by atoms with Gasteiger partial charge in [0.25, 0.3) is 5.91 Å². The fraction of sp³-hybridized carbons (Fsp3) is 0.560. The van der Waals surface area contributed by atoms with E-state index in [0.29, 0.717) is 18.7 Å². The van der Waals surface area contributed by atoms with Gasteiger partial charge in [-0.05, 0) is 56.2 Å². The van der Waals surface area contributed by atoms with E-state index in [9.17, 15) is 19.5 Å². The van der Waals surface area contributed by atoms with Crippen LogP contribution in [-0.4, -0.2) is 60.6 Å². The molecule has 4 rings (SSSR count). The number of carbonyl (C=O) groups excluding carboxylic acids is 2. The van der Waals surface area contributed by atoms with E-state index in [4.69, 9.17) is 4.42 Å². The highest BCUT2D eigenvalue weighted by atomic mass is 16.4. The van der Waals surface area contributed by atoms with Crippen LogP contribution >= 0.6 is 0 Å². The number of anilines is 1. The van der Waals surface area contributed by atoms with Crippen molar-refractivity contribution in [2.24, 2.45) is 0 Å². The third-order valence-electron chi connectivity index (χ3n) is 6.55. The van der Waals surface area contributed by atoms with E-state index < -0.39 is 24.2 Å². The maximum atomic E-state index is 13.0. The molecule has 0 fully saturated rings. The molecule has 2 aliphatic heterocycles. The first-order valence-corrected chi connectivity index (χ1v) is 12.1. The van der Waals surface area contributed by atoms with Gasteiger partial charge in [0.05, 0.1) is 6.61 Å². The zero-order valence-electron chi connectivity index (χ0n) is 19.5. The summed E-state index contributed by atoms with van der Waals surface area (Å²) >= 11 is 0. The third kappa shape index (κ3) is 4.49. The third-order valence-corrected chi connectivity index (χ3v) is 6.55. The van der Waals surface area contributed by atoms with Crippen molar-refractivity contribution in [1.82, 2.24) is 10.2 Å². The number of benzene rings is 1. The first-order chi connectivity index (χ1) is 16.0. The zero-order chi connectivity index (χ0) is 23.5. The van der Waals surface area contributed by atoms with Crippen LogP contribution in [0.3, 0.4) is 0 Å². The molecular formula is C25H33N3O5. The van der Waals surface area contributed by atoms with Crippen molar-refractivity contribution >= 4 is 28.5 Å². The Morgan fingerprint density at radius 3 is 2.52 bits per heavy atom. The second-order valence-electron chi connectivity index (χ2n) is 8.96. The van der Waals surface area contributed by atoms with E-state index >= 15 is 0 Å². The van der Waals surface area contributed by atoms with Crippen molar-refractivity contribution in [3.05, 3.63) is 39.2 Å². The molecule has 2 N–H and O–H groups in total. The van der Waals surface area contributed by atoms with Crippen molar-refractivity contribution in [3.8, 4) is 0 Å². The van der Waals surface area contributed by atoms with E-state index in [-0.39, 0.29) is 11.5 Å². The Kier molecular flexibility index (Phi) is 7.02. The van der Waals surface area contributed by atoms with Gasteiger partial charge >= 0.3 is 5.63 Å². The maximum absolute atomic E-state index is 13.0. The van der Waals surface area contributed by atoms with Crippen molar-refractivity contribution < 1.29 is 19.1 Å². The predicted molar refractivity (Wildman–Crippen MR) is 127 cm³/mol. The average molecular weight is 456 g/mol. The summed E-state index contributed by atoms with van der Waals surface area (Å²) in [4.78, 5) is 42.6. The molecule has 0 spiro atoms. The summed E-state index contributed by atoms with van der Waals surface area (Å²) in [5.41, 5.74) is 3.14. The normalized spacial score (nSPS) is 15.8. The maximum Gasteiger partial charge on any atom is 0.349 e. The molecule has 8 heteroatoms. The van der Waals surface area contributed by atoms with Crippen LogP contribution in [0.2, 0.25) is 0 Å². The largest absolute Gasteiger partial charge is 0.422 e. The molecule has 0 saturated carbocycles. The number of amides is 2. The van der Waals surface area contributed by atoms with Crippen LogP contribution in [0, 0.1) is 0 Å². The summed E-state index contributed by atoms with van der Waals surface area (Å²) in [5.74, 6) is -1.06. The van der Waals surface area contributed by atoms with E-state index in [2.05, 4.69) is 10.2 Å². The lowest BCUT2D eigenvalue weighted by molar-refractivity contribution is -0.134. The lowest BCUT2D eigenvalue weighted by Gasteiger charge is -2.37. The number of aliphatic hydroxyl groups excluding tert-OH is 1. The Morgan fingerprint density at radius 2 is 1.85 bits per heavy atom. The van der Waals surface area contributed by atoms with Crippen LogP contribution in [0.4, 0.5) is 5.69 Å². The Hall–Kier alpha value is -2.87. The molecule has 33 heavy (non-hydrogen) atoms. The summed E-state index contributed by atoms with van der Waals surface area (Å²) in [7, 11) is 0. The van der Waals surface area contributed by atoms with E-state index in [1.165, 1.54) is 11.3 Å². The molecule has 2 aromatic rings. The lowest BCUT2D eigenvalue weighted by Crippen LogP contribution is -2.51. The van der Waals surface area contributed by atoms with Gasteiger partial charge in [0.1, 0.15) is 17.2 Å². The number of hydrogen-bond acceptors (Lipinski definition) is 6. The Labute approximate surface area is 193 Å². The number of nitrogens with one attached hydrogen (secondary N) is 1. The molecule has 0 radical (unpaired) electrons. The van der Waals surface area contributed by atoms with Crippen molar-refractivity contribution in [2.75, 3.05) is 37.7 Å². The monoisotopic (exact) mass is 455 g/mol. The number of fused-ring (bicyclic) bond motifs is 2. The van der Waals surface area contributed by atoms with Gasteiger partial charge in [-0.25, -0.2) is 4.79 Å². The SMILES string of the molecule is CCCN(CCC)C(=O)[C@H](CO)NC(=O)c1cc2cc3c4c(c2oc1=O)CCCN4CCC3. The minimum absolute atomic E-state index is 0.151. The van der Waals surface area contributed by atoms with E-state index in [0.717, 1.165) is 62.6 Å². The van der Waals surface area contributed by atoms with Crippen LogP contribution < -0.4 is 15.8 Å². The number of nitrogens with zero attached hydrogens (tertiary/aromatic N) is 2. The molecule has 2 amide bonds. The van der Waals surface area contributed by atoms with Crippen LogP contribution in [0.1, 0.15) is 61.0 Å². The molecule has 0 aliphatic carbocycles. The van der Waals surface area contributed by atoms with Gasteiger partial charge in [0.15, 0.2) is 0 Å². The molecular weight excluding hydrogens is 422 g/mol. The molecule has 0 unspecified atom stereocenters. The summed E-state index contributed by atoms with van der Waals surface area (Å²) in [6, 6.07) is 2.48. The first kappa shape index (κ1) is 23.3. The predicted octanol–water partition coefficient (Wildman–Crippen LogP) is 2.23. The zero-order valence-corrected chi connectivity index (χ0v) is 19.5. The average Bonchev–Trinajstić information content (AvgIpc) is 2.82. The van der Waals surface area contributed by atoms with E-state index in [1.807, 2.05) is 19.9 Å². The Bertz CT molecular complexity index is 1100. The number of aryl methyl sites for hydroxylation is 2. The van der Waals surface area contributed by atoms with Gasteiger partial charge in [-0.3, -0.25) is 9.59 Å². The van der Waals surface area contributed by atoms with Crippen LogP contribution in [0.25, 0.3) is 11.0 Å². The first-order valence-electron chi connectivity index (χ1n) is 12.1. The highest BCUT2D eigenvalue weighted by Crippen LogP contribution is 2.39. The summed E-state index contributed by atoms with van der Waals surface area (Å²) in [6.07, 6.45) is 5.43.